The van der Waals surface area contributed by atoms with Gasteiger partial charge in [0.1, 0.15) is 18.2 Å². The predicted molar refractivity (Wildman–Crippen MR) is 178 cm³/mol. The normalized spacial score (nSPS) is 15.7. The van der Waals surface area contributed by atoms with E-state index in [9.17, 15) is 0 Å². The lowest BCUT2D eigenvalue weighted by Gasteiger charge is -2.34. The fourth-order valence-corrected chi connectivity index (χ4v) is 5.64. The number of hydrogen-bond donors (Lipinski definition) is 3. The second kappa shape index (κ2) is 14.6. The highest BCUT2D eigenvalue weighted by molar-refractivity contribution is 5.93. The van der Waals surface area contributed by atoms with Crippen LogP contribution in [-0.4, -0.2) is 113 Å². The van der Waals surface area contributed by atoms with Gasteiger partial charge in [-0.05, 0) is 45.1 Å². The Balaban J connectivity index is 1.30. The van der Waals surface area contributed by atoms with Crippen molar-refractivity contribution in [3.63, 3.8) is 0 Å². The van der Waals surface area contributed by atoms with Crippen molar-refractivity contribution in [2.45, 2.75) is 31.8 Å². The van der Waals surface area contributed by atoms with Gasteiger partial charge in [0, 0.05) is 82.0 Å². The standard InChI is InChI=1S/C32H47N9O3/c1-39(2)16-17-44-28-9-7-8-27(40(3)4)25(28)21-41-14-11-22(12-15-41)35-31-24-18-29(42-5)30(43-6)19-26(24)36-32(37-31)33-20-23-10-13-34-38-23/h7-9,18-19,22,34H,10-17,20-21H2,1-6H3,(H2,33,35,36,37). The second-order valence-electron chi connectivity index (χ2n) is 11.8. The highest BCUT2D eigenvalue weighted by Gasteiger charge is 2.24. The van der Waals surface area contributed by atoms with Crippen molar-refractivity contribution < 1.29 is 14.2 Å². The Bertz CT molecular complexity index is 1440. The topological polar surface area (TPSA) is 112 Å². The maximum Gasteiger partial charge on any atom is 0.225 e. The molecule has 0 saturated carbocycles. The van der Waals surface area contributed by atoms with E-state index in [-0.39, 0.29) is 6.04 Å². The lowest BCUT2D eigenvalue weighted by molar-refractivity contribution is 0.205. The van der Waals surface area contributed by atoms with Gasteiger partial charge in [0.05, 0.1) is 32.0 Å². The molecule has 0 radical (unpaired) electrons. The van der Waals surface area contributed by atoms with E-state index in [0.717, 1.165) is 80.2 Å². The summed E-state index contributed by atoms with van der Waals surface area (Å²) in [6.07, 6.45) is 2.90. The molecule has 5 rings (SSSR count). The molecule has 12 nitrogen and oxygen atoms in total. The first-order chi connectivity index (χ1) is 21.3. The Morgan fingerprint density at radius 2 is 1.77 bits per heavy atom. The van der Waals surface area contributed by atoms with Crippen LogP contribution in [0.3, 0.4) is 0 Å². The van der Waals surface area contributed by atoms with Crippen molar-refractivity contribution in [2.24, 2.45) is 5.10 Å². The van der Waals surface area contributed by atoms with Crippen molar-refractivity contribution in [3.8, 4) is 17.2 Å². The summed E-state index contributed by atoms with van der Waals surface area (Å²) in [4.78, 5) is 16.5. The molecule has 12 heteroatoms. The van der Waals surface area contributed by atoms with Crippen LogP contribution in [0.5, 0.6) is 17.2 Å². The molecular formula is C32H47N9O3. The number of benzene rings is 2. The summed E-state index contributed by atoms with van der Waals surface area (Å²) in [6.45, 7) is 5.78. The smallest absolute Gasteiger partial charge is 0.225 e. The van der Waals surface area contributed by atoms with E-state index in [1.807, 2.05) is 12.1 Å². The molecule has 2 aliphatic rings. The van der Waals surface area contributed by atoms with Gasteiger partial charge in [-0.1, -0.05) is 6.07 Å². The number of methoxy groups -OCH3 is 2. The zero-order valence-electron chi connectivity index (χ0n) is 26.9. The van der Waals surface area contributed by atoms with Crippen molar-refractivity contribution >= 4 is 34.1 Å². The molecule has 0 atom stereocenters. The highest BCUT2D eigenvalue weighted by Crippen LogP contribution is 2.36. The number of hydrazone groups is 1. The molecule has 2 aromatic carbocycles. The Labute approximate surface area is 260 Å². The van der Waals surface area contributed by atoms with Gasteiger partial charge in [-0.15, -0.1) is 0 Å². The summed E-state index contributed by atoms with van der Waals surface area (Å²) < 4.78 is 17.4. The molecule has 0 amide bonds. The average Bonchev–Trinajstić information content (AvgIpc) is 3.54. The van der Waals surface area contributed by atoms with E-state index >= 15 is 0 Å². The van der Waals surface area contributed by atoms with Crippen LogP contribution in [0.4, 0.5) is 17.5 Å². The molecule has 3 N–H and O–H groups in total. The third kappa shape index (κ3) is 7.72. The number of nitrogens with zero attached hydrogens (tertiary/aromatic N) is 6. The summed E-state index contributed by atoms with van der Waals surface area (Å²) in [5, 5.41) is 12.4. The molecule has 0 aliphatic carbocycles. The zero-order chi connectivity index (χ0) is 31.1. The van der Waals surface area contributed by atoms with Gasteiger partial charge in [-0.25, -0.2) is 4.98 Å². The van der Waals surface area contributed by atoms with Crippen LogP contribution in [0.15, 0.2) is 35.4 Å². The predicted octanol–water partition coefficient (Wildman–Crippen LogP) is 3.49. The van der Waals surface area contributed by atoms with Crippen molar-refractivity contribution in [2.75, 3.05) is 97.3 Å². The summed E-state index contributed by atoms with van der Waals surface area (Å²) in [5.74, 6) is 3.60. The van der Waals surface area contributed by atoms with Crippen LogP contribution in [0, 0.1) is 0 Å². The summed E-state index contributed by atoms with van der Waals surface area (Å²) >= 11 is 0. The quantitative estimate of drug-likeness (QED) is 0.251. The Morgan fingerprint density at radius 3 is 2.45 bits per heavy atom. The lowest BCUT2D eigenvalue weighted by atomic mass is 10.0. The largest absolute Gasteiger partial charge is 0.493 e. The molecule has 44 heavy (non-hydrogen) atoms. The third-order valence-electron chi connectivity index (χ3n) is 8.11. The van der Waals surface area contributed by atoms with Crippen LogP contribution in [-0.2, 0) is 6.54 Å². The van der Waals surface area contributed by atoms with Gasteiger partial charge in [0.25, 0.3) is 0 Å². The number of hydrogen-bond acceptors (Lipinski definition) is 12. The highest BCUT2D eigenvalue weighted by atomic mass is 16.5. The molecular weight excluding hydrogens is 558 g/mol. The maximum atomic E-state index is 6.26. The van der Waals surface area contributed by atoms with Gasteiger partial charge in [-0.3, -0.25) is 4.90 Å². The minimum Gasteiger partial charge on any atom is -0.493 e. The molecule has 1 fully saturated rings. The second-order valence-corrected chi connectivity index (χ2v) is 11.8. The van der Waals surface area contributed by atoms with E-state index in [1.54, 1.807) is 14.2 Å². The summed E-state index contributed by atoms with van der Waals surface area (Å²) in [7, 11) is 11.6. The molecule has 3 heterocycles. The van der Waals surface area contributed by atoms with E-state index in [4.69, 9.17) is 24.2 Å². The van der Waals surface area contributed by atoms with Crippen LogP contribution in [0.1, 0.15) is 24.8 Å². The van der Waals surface area contributed by atoms with Crippen molar-refractivity contribution in [3.05, 3.63) is 35.9 Å². The minimum absolute atomic E-state index is 0.272. The molecule has 1 aromatic heterocycles. The number of fused-ring (bicyclic) bond motifs is 1. The van der Waals surface area contributed by atoms with Gasteiger partial charge < -0.3 is 40.1 Å². The number of aromatic nitrogens is 2. The average molecular weight is 606 g/mol. The number of anilines is 3. The van der Waals surface area contributed by atoms with Crippen LogP contribution in [0.25, 0.3) is 10.9 Å². The number of nitrogens with one attached hydrogen (secondary N) is 3. The SMILES string of the molecule is COc1cc2nc(NCC3=NNCC3)nc(NC3CCN(Cc4c(OCCN(C)C)cccc4N(C)C)CC3)c2cc1OC. The maximum absolute atomic E-state index is 6.26. The van der Waals surface area contributed by atoms with Crippen LogP contribution < -0.4 is 35.2 Å². The van der Waals surface area contributed by atoms with Gasteiger partial charge in [0.2, 0.25) is 5.95 Å². The van der Waals surface area contributed by atoms with E-state index in [2.05, 4.69) is 82.3 Å². The van der Waals surface area contributed by atoms with E-state index in [1.165, 1.54) is 11.3 Å². The van der Waals surface area contributed by atoms with Gasteiger partial charge in [-0.2, -0.15) is 10.1 Å². The number of rotatable bonds is 14. The van der Waals surface area contributed by atoms with Gasteiger partial charge >= 0.3 is 0 Å². The first-order valence-corrected chi connectivity index (χ1v) is 15.4. The molecule has 2 aliphatic heterocycles. The van der Waals surface area contributed by atoms with E-state index < -0.39 is 0 Å². The van der Waals surface area contributed by atoms with Gasteiger partial charge in [0.15, 0.2) is 11.5 Å². The fraction of sp³-hybridized carbons (Fsp3) is 0.531. The Hall–Kier alpha value is -4.03. The third-order valence-corrected chi connectivity index (χ3v) is 8.11. The minimum atomic E-state index is 0.272. The molecule has 3 aromatic rings. The molecule has 0 bridgehead atoms. The first kappa shape index (κ1) is 31.4. The Kier molecular flexibility index (Phi) is 10.4. The molecule has 238 valence electrons. The zero-order valence-corrected chi connectivity index (χ0v) is 26.9. The number of ether oxygens (including phenoxy) is 3. The summed E-state index contributed by atoms with van der Waals surface area (Å²) in [5.41, 5.74) is 7.31. The molecule has 0 spiro atoms. The first-order valence-electron chi connectivity index (χ1n) is 15.4. The molecule has 1 saturated heterocycles. The fourth-order valence-electron chi connectivity index (χ4n) is 5.64. The van der Waals surface area contributed by atoms with Crippen molar-refractivity contribution in [1.82, 2.24) is 25.2 Å². The molecule has 0 unspecified atom stereocenters. The van der Waals surface area contributed by atoms with E-state index in [0.29, 0.717) is 30.6 Å². The Morgan fingerprint density at radius 1 is 1.00 bits per heavy atom. The number of piperidine rings is 1. The number of likely N-dealkylation sites (tertiary alicyclic amines) is 1. The van der Waals surface area contributed by atoms with Crippen LogP contribution in [0.2, 0.25) is 0 Å². The summed E-state index contributed by atoms with van der Waals surface area (Å²) in [6, 6.07) is 10.5. The monoisotopic (exact) mass is 605 g/mol. The number of likely N-dealkylation sites (N-methyl/N-ethyl adjacent to an activating group) is 1. The lowest BCUT2D eigenvalue weighted by Crippen LogP contribution is -2.39. The van der Waals surface area contributed by atoms with Crippen molar-refractivity contribution in [1.29, 1.82) is 0 Å². The van der Waals surface area contributed by atoms with Crippen LogP contribution >= 0.6 is 0 Å².